The van der Waals surface area contributed by atoms with Crippen molar-refractivity contribution in [3.05, 3.63) is 53.1 Å². The molecule has 1 aliphatic carbocycles. The highest BCUT2D eigenvalue weighted by Crippen LogP contribution is 2.41. The highest BCUT2D eigenvalue weighted by atomic mass is 19.4. The third kappa shape index (κ3) is 13.5. The van der Waals surface area contributed by atoms with E-state index in [1.807, 2.05) is 13.8 Å². The zero-order chi connectivity index (χ0) is 36.9. The first-order valence-electron chi connectivity index (χ1n) is 14.9. The minimum absolute atomic E-state index is 0.0920. The summed E-state index contributed by atoms with van der Waals surface area (Å²) in [4.78, 5) is 15.4. The number of allylic oxidation sites excluding steroid dienone is 3. The maximum atomic E-state index is 13.6. The van der Waals surface area contributed by atoms with Gasteiger partial charge in [-0.3, -0.25) is 4.90 Å². The number of terminal acetylenes is 1. The van der Waals surface area contributed by atoms with Crippen LogP contribution in [-0.4, -0.2) is 51.3 Å². The number of benzene rings is 1. The molecule has 2 aliphatic rings. The van der Waals surface area contributed by atoms with E-state index in [2.05, 4.69) is 33.7 Å². The highest BCUT2D eigenvalue weighted by molar-refractivity contribution is 5.89. The Morgan fingerprint density at radius 1 is 1.10 bits per heavy atom. The van der Waals surface area contributed by atoms with Gasteiger partial charge in [-0.2, -0.15) is 44.3 Å². The molecule has 1 aromatic heterocycles. The number of amides is 1. The molecule has 0 spiro atoms. The van der Waals surface area contributed by atoms with E-state index >= 15 is 0 Å². The quantitative estimate of drug-likeness (QED) is 0.195. The summed E-state index contributed by atoms with van der Waals surface area (Å²) in [6.07, 6.45) is -3.97. The first kappa shape index (κ1) is 41.8. The average molecular weight is 699 g/mol. The summed E-state index contributed by atoms with van der Waals surface area (Å²) >= 11 is 0. The van der Waals surface area contributed by atoms with Gasteiger partial charge in [0.25, 0.3) is 5.95 Å². The summed E-state index contributed by atoms with van der Waals surface area (Å²) in [6.45, 7) is 9.83. The van der Waals surface area contributed by atoms with Crippen LogP contribution in [0.3, 0.4) is 0 Å². The summed E-state index contributed by atoms with van der Waals surface area (Å²) in [6, 6.07) is 2.17. The molecule has 1 amide bonds. The van der Waals surface area contributed by atoms with Gasteiger partial charge in [0, 0.05) is 6.54 Å². The van der Waals surface area contributed by atoms with Gasteiger partial charge in [-0.25, -0.2) is 4.79 Å². The summed E-state index contributed by atoms with van der Waals surface area (Å²) < 4.78 is 113. The Bertz CT molecular complexity index is 1410. The van der Waals surface area contributed by atoms with Crippen LogP contribution in [0.1, 0.15) is 82.0 Å². The van der Waals surface area contributed by atoms with Crippen LogP contribution in [0.4, 0.5) is 55.9 Å². The molecule has 17 heteroatoms. The van der Waals surface area contributed by atoms with E-state index in [1.165, 1.54) is 34.7 Å². The molecule has 0 radical (unpaired) electrons. The van der Waals surface area contributed by atoms with Gasteiger partial charge in [-0.15, -0.1) is 11.5 Å². The molecular weight excluding hydrogens is 659 g/mol. The molecule has 1 unspecified atom stereocenters. The Hall–Kier alpha value is -4.23. The van der Waals surface area contributed by atoms with E-state index in [1.54, 1.807) is 14.0 Å². The fourth-order valence-electron chi connectivity index (χ4n) is 4.13. The summed E-state index contributed by atoms with van der Waals surface area (Å²) in [5, 5.41) is 14.9. The van der Waals surface area contributed by atoms with E-state index in [0.717, 1.165) is 31.4 Å². The number of tetrazole rings is 1. The number of aryl methyl sites for hydroxylation is 2. The van der Waals surface area contributed by atoms with E-state index in [0.29, 0.717) is 18.4 Å². The lowest BCUT2D eigenvalue weighted by Crippen LogP contribution is -2.37. The molecule has 0 bridgehead atoms. The molecule has 1 atom stereocenters. The molecule has 4 rings (SSSR count). The second kappa shape index (κ2) is 18.3. The maximum Gasteiger partial charge on any atom is 0.423 e. The number of hydrogen-bond donors (Lipinski definition) is 1. The molecule has 2 aromatic rings. The number of carbonyl (C=O) groups excluding carboxylic acids is 1. The minimum atomic E-state index is -4.52. The summed E-state index contributed by atoms with van der Waals surface area (Å²) in [5.74, 6) is 1.66. The van der Waals surface area contributed by atoms with Crippen molar-refractivity contribution in [1.82, 2.24) is 20.2 Å². The normalized spacial score (nSPS) is 16.3. The smallest absolute Gasteiger partial charge is 0.423 e. The molecule has 8 nitrogen and oxygen atoms in total. The van der Waals surface area contributed by atoms with Gasteiger partial charge in [-0.05, 0) is 68.4 Å². The zero-order valence-corrected chi connectivity index (χ0v) is 27.2. The van der Waals surface area contributed by atoms with Gasteiger partial charge in [-0.1, -0.05) is 49.7 Å². The van der Waals surface area contributed by atoms with Crippen molar-refractivity contribution in [3.63, 3.8) is 0 Å². The number of anilines is 2. The molecule has 1 aromatic carbocycles. The number of aromatic nitrogens is 4. The average Bonchev–Trinajstić information content (AvgIpc) is 3.31. The lowest BCUT2D eigenvalue weighted by atomic mass is 9.96. The van der Waals surface area contributed by atoms with Gasteiger partial charge in [0.2, 0.25) is 0 Å². The number of nitrogens with one attached hydrogen (secondary N) is 1. The monoisotopic (exact) mass is 698 g/mol. The Kier molecular flexibility index (Phi) is 16.0. The van der Waals surface area contributed by atoms with E-state index in [4.69, 9.17) is 4.74 Å². The van der Waals surface area contributed by atoms with E-state index in [9.17, 15) is 44.3 Å². The Morgan fingerprint density at radius 3 is 2.12 bits per heavy atom. The molecule has 0 saturated heterocycles. The van der Waals surface area contributed by atoms with Gasteiger partial charge < -0.3 is 10.1 Å². The third-order valence-electron chi connectivity index (χ3n) is 6.67. The van der Waals surface area contributed by atoms with Crippen LogP contribution in [-0.2, 0) is 18.0 Å². The van der Waals surface area contributed by atoms with Crippen LogP contribution < -0.4 is 10.2 Å². The number of alkyl halides is 9. The second-order valence-corrected chi connectivity index (χ2v) is 10.3. The van der Waals surface area contributed by atoms with Crippen molar-refractivity contribution in [2.45, 2.75) is 96.9 Å². The fourth-order valence-corrected chi connectivity index (χ4v) is 4.13. The third-order valence-corrected chi connectivity index (χ3v) is 6.67. The van der Waals surface area contributed by atoms with Gasteiger partial charge >= 0.3 is 24.6 Å². The topological polar surface area (TPSA) is 85.2 Å². The second-order valence-electron chi connectivity index (χ2n) is 10.3. The van der Waals surface area contributed by atoms with Crippen LogP contribution in [0.15, 0.2) is 36.4 Å². The maximum absolute atomic E-state index is 13.6. The molecule has 1 aliphatic heterocycles. The lowest BCUT2D eigenvalue weighted by Gasteiger charge is -2.30. The standard InChI is InChI=1S/C19H23F3N6O2.C5H3F3.C5H7F3.C2H6/c1-11-9-13-15(23-17-24-26-27(2)25-17)7-4-8-28(18(29)30-12-5-3-6-12)16(13)10-14(11)19(20,21)22;1-3-4(2)5(6,7)8;1-2-3-4-5(6,7)8;1-2/h9-10,12,15H,3-8H2,1-2H3,(H,23,25);1H,2H2;2-3H,4H2,1H3;1-2H3/b;;3-2+;. The largest absolute Gasteiger partial charge is 0.446 e. The van der Waals surface area contributed by atoms with Gasteiger partial charge in [0.1, 0.15) is 6.10 Å². The zero-order valence-electron chi connectivity index (χ0n) is 27.2. The Labute approximate surface area is 273 Å². The van der Waals surface area contributed by atoms with Crippen LogP contribution in [0.5, 0.6) is 0 Å². The number of carbonyl (C=O) groups is 1. The number of hydrogen-bond acceptors (Lipinski definition) is 6. The van der Waals surface area contributed by atoms with Crippen LogP contribution >= 0.6 is 0 Å². The van der Waals surface area contributed by atoms with Crippen molar-refractivity contribution in [3.8, 4) is 12.3 Å². The summed E-state index contributed by atoms with van der Waals surface area (Å²) in [5.41, 5.74) is -1.03. The van der Waals surface area contributed by atoms with Crippen molar-refractivity contribution in [2.75, 3.05) is 16.8 Å². The Balaban J connectivity index is 0.000000529. The molecule has 2 heterocycles. The number of nitrogens with zero attached hydrogens (tertiary/aromatic N) is 5. The van der Waals surface area contributed by atoms with Crippen molar-refractivity contribution < 1.29 is 49.0 Å². The number of ether oxygens (including phenoxy) is 1. The predicted molar refractivity (Wildman–Crippen MR) is 163 cm³/mol. The molecule has 1 saturated carbocycles. The van der Waals surface area contributed by atoms with Crippen LogP contribution in [0.2, 0.25) is 0 Å². The first-order valence-corrected chi connectivity index (χ1v) is 14.9. The number of halogens is 9. The first-order chi connectivity index (χ1) is 22.3. The molecule has 268 valence electrons. The van der Waals surface area contributed by atoms with Gasteiger partial charge in [0.15, 0.2) is 0 Å². The van der Waals surface area contributed by atoms with Crippen molar-refractivity contribution >= 4 is 17.7 Å². The molecule has 1 N–H and O–H groups in total. The van der Waals surface area contributed by atoms with Crippen LogP contribution in [0.25, 0.3) is 0 Å². The Morgan fingerprint density at radius 2 is 1.73 bits per heavy atom. The number of rotatable bonds is 4. The van der Waals surface area contributed by atoms with Crippen molar-refractivity contribution in [2.24, 2.45) is 7.05 Å². The highest BCUT2D eigenvalue weighted by Gasteiger charge is 2.37. The predicted octanol–water partition coefficient (Wildman–Crippen LogP) is 9.26. The summed E-state index contributed by atoms with van der Waals surface area (Å²) in [7, 11) is 1.62. The number of fused-ring (bicyclic) bond motifs is 1. The molecule has 1 fully saturated rings. The van der Waals surface area contributed by atoms with Gasteiger partial charge in [0.05, 0.1) is 36.3 Å². The SMILES string of the molecule is C#CC(=C)C(F)(F)F.C/C=C/CC(F)(F)F.CC.Cc1cc2c(cc1C(F)(F)F)N(C(=O)OC1CCC1)CCCC2Nc1nnn(C)n1. The fraction of sp³-hybridized carbons (Fsp3) is 0.548. The van der Waals surface area contributed by atoms with Crippen molar-refractivity contribution in [1.29, 1.82) is 0 Å². The lowest BCUT2D eigenvalue weighted by molar-refractivity contribution is -0.138. The van der Waals surface area contributed by atoms with E-state index in [-0.39, 0.29) is 35.9 Å². The van der Waals surface area contributed by atoms with Crippen LogP contribution in [0, 0.1) is 19.3 Å². The van der Waals surface area contributed by atoms with E-state index < -0.39 is 42.2 Å². The molecular formula is C31H39F9N6O2. The molecule has 48 heavy (non-hydrogen) atoms. The minimum Gasteiger partial charge on any atom is -0.446 e.